The third-order valence-electron chi connectivity index (χ3n) is 2.24. The molecule has 0 heterocycles. The molecule has 0 fully saturated rings. The molecule has 16 heavy (non-hydrogen) atoms. The third kappa shape index (κ3) is 2.83. The number of amides is 1. The van der Waals surface area contributed by atoms with Crippen molar-refractivity contribution in [2.75, 3.05) is 0 Å². The van der Waals surface area contributed by atoms with E-state index in [1.165, 1.54) is 6.07 Å². The molecule has 0 radical (unpaired) electrons. The van der Waals surface area contributed by atoms with E-state index in [1.807, 2.05) is 0 Å². The first-order chi connectivity index (χ1) is 7.56. The molecule has 0 saturated heterocycles. The summed E-state index contributed by atoms with van der Waals surface area (Å²) >= 11 is 0. The Morgan fingerprint density at radius 2 is 2.31 bits per heavy atom. The SMILES string of the molecule is C#CCC(C)NC(=O)c1cccc(C)c1F. The molecular weight excluding hydrogens is 205 g/mol. The summed E-state index contributed by atoms with van der Waals surface area (Å²) in [5.41, 5.74) is 0.515. The summed E-state index contributed by atoms with van der Waals surface area (Å²) in [4.78, 5) is 11.7. The van der Waals surface area contributed by atoms with Crippen LogP contribution in [0.1, 0.15) is 29.3 Å². The summed E-state index contributed by atoms with van der Waals surface area (Å²) in [6, 6.07) is 4.58. The molecule has 0 spiro atoms. The van der Waals surface area contributed by atoms with Crippen molar-refractivity contribution >= 4 is 5.91 Å². The normalized spacial score (nSPS) is 11.6. The first-order valence-corrected chi connectivity index (χ1v) is 5.05. The predicted octanol–water partition coefficient (Wildman–Crippen LogP) is 2.28. The Morgan fingerprint density at radius 1 is 1.62 bits per heavy atom. The fourth-order valence-corrected chi connectivity index (χ4v) is 1.35. The highest BCUT2D eigenvalue weighted by molar-refractivity contribution is 5.94. The Bertz CT molecular complexity index is 434. The Balaban J connectivity index is 2.82. The second-order valence-electron chi connectivity index (χ2n) is 3.72. The number of carbonyl (C=O) groups excluding carboxylic acids is 1. The molecule has 0 aliphatic heterocycles. The minimum absolute atomic E-state index is 0.0591. The number of aryl methyl sites for hydroxylation is 1. The average Bonchev–Trinajstić information content (AvgIpc) is 2.22. The van der Waals surface area contributed by atoms with E-state index in [-0.39, 0.29) is 11.6 Å². The zero-order valence-electron chi connectivity index (χ0n) is 9.38. The first kappa shape index (κ1) is 12.3. The summed E-state index contributed by atoms with van der Waals surface area (Å²) in [5, 5.41) is 2.64. The maximum Gasteiger partial charge on any atom is 0.254 e. The highest BCUT2D eigenvalue weighted by atomic mass is 19.1. The van der Waals surface area contributed by atoms with Crippen LogP contribution in [0.5, 0.6) is 0 Å². The highest BCUT2D eigenvalue weighted by Crippen LogP contribution is 2.11. The molecule has 1 aromatic carbocycles. The van der Waals surface area contributed by atoms with Crippen LogP contribution in [-0.2, 0) is 0 Å². The van der Waals surface area contributed by atoms with E-state index in [9.17, 15) is 9.18 Å². The van der Waals surface area contributed by atoms with Crippen LogP contribution in [0.4, 0.5) is 4.39 Å². The minimum atomic E-state index is -0.479. The van der Waals surface area contributed by atoms with Crippen LogP contribution in [0.2, 0.25) is 0 Å². The van der Waals surface area contributed by atoms with E-state index in [0.717, 1.165) is 0 Å². The van der Waals surface area contributed by atoms with E-state index in [0.29, 0.717) is 12.0 Å². The number of rotatable bonds is 3. The van der Waals surface area contributed by atoms with Crippen molar-refractivity contribution < 1.29 is 9.18 Å². The van der Waals surface area contributed by atoms with Gasteiger partial charge in [0, 0.05) is 12.5 Å². The lowest BCUT2D eigenvalue weighted by Gasteiger charge is -2.11. The summed E-state index contributed by atoms with van der Waals surface area (Å²) < 4.78 is 13.6. The topological polar surface area (TPSA) is 29.1 Å². The molecule has 0 aliphatic carbocycles. The number of nitrogens with one attached hydrogen (secondary N) is 1. The zero-order valence-corrected chi connectivity index (χ0v) is 9.38. The van der Waals surface area contributed by atoms with E-state index in [1.54, 1.807) is 26.0 Å². The third-order valence-corrected chi connectivity index (χ3v) is 2.24. The van der Waals surface area contributed by atoms with Crippen LogP contribution >= 0.6 is 0 Å². The summed E-state index contributed by atoms with van der Waals surface area (Å²) in [5.74, 6) is 1.54. The molecule has 0 saturated carbocycles. The van der Waals surface area contributed by atoms with E-state index in [2.05, 4.69) is 11.2 Å². The molecule has 84 valence electrons. The van der Waals surface area contributed by atoms with Crippen LogP contribution in [0.25, 0.3) is 0 Å². The number of carbonyl (C=O) groups is 1. The molecule has 1 atom stereocenters. The first-order valence-electron chi connectivity index (χ1n) is 5.05. The standard InChI is InChI=1S/C13H14FNO/c1-4-6-10(3)15-13(16)11-8-5-7-9(2)12(11)14/h1,5,7-8,10H,6H2,2-3H3,(H,15,16). The van der Waals surface area contributed by atoms with Crippen LogP contribution < -0.4 is 5.32 Å². The van der Waals surface area contributed by atoms with Crippen molar-refractivity contribution in [2.24, 2.45) is 0 Å². The van der Waals surface area contributed by atoms with Crippen LogP contribution in [0, 0.1) is 25.1 Å². The Kier molecular flexibility index (Phi) is 4.07. The van der Waals surface area contributed by atoms with Crippen LogP contribution in [0.3, 0.4) is 0 Å². The Hall–Kier alpha value is -1.82. The molecule has 2 nitrogen and oxygen atoms in total. The minimum Gasteiger partial charge on any atom is -0.349 e. The molecule has 0 aromatic heterocycles. The Labute approximate surface area is 94.9 Å². The van der Waals surface area contributed by atoms with E-state index in [4.69, 9.17) is 6.42 Å². The van der Waals surface area contributed by atoms with E-state index < -0.39 is 11.7 Å². The van der Waals surface area contributed by atoms with Gasteiger partial charge in [0.05, 0.1) is 5.56 Å². The van der Waals surface area contributed by atoms with Gasteiger partial charge in [0.25, 0.3) is 5.91 Å². The molecule has 1 amide bonds. The zero-order chi connectivity index (χ0) is 12.1. The van der Waals surface area contributed by atoms with Gasteiger partial charge in [-0.15, -0.1) is 12.3 Å². The lowest BCUT2D eigenvalue weighted by Crippen LogP contribution is -2.32. The van der Waals surface area contributed by atoms with Crippen molar-refractivity contribution in [1.82, 2.24) is 5.32 Å². The smallest absolute Gasteiger partial charge is 0.254 e. The quantitative estimate of drug-likeness (QED) is 0.776. The van der Waals surface area contributed by atoms with Gasteiger partial charge in [0.1, 0.15) is 5.82 Å². The van der Waals surface area contributed by atoms with Crippen LogP contribution in [-0.4, -0.2) is 11.9 Å². The summed E-state index contributed by atoms with van der Waals surface area (Å²) in [6.45, 7) is 3.41. The van der Waals surface area contributed by atoms with Gasteiger partial charge in [-0.1, -0.05) is 12.1 Å². The largest absolute Gasteiger partial charge is 0.349 e. The van der Waals surface area contributed by atoms with Gasteiger partial charge in [-0.3, -0.25) is 4.79 Å². The van der Waals surface area contributed by atoms with Gasteiger partial charge in [-0.05, 0) is 25.5 Å². The molecule has 0 bridgehead atoms. The Morgan fingerprint density at radius 3 is 2.94 bits per heavy atom. The second-order valence-corrected chi connectivity index (χ2v) is 3.72. The van der Waals surface area contributed by atoms with E-state index >= 15 is 0 Å². The van der Waals surface area contributed by atoms with Gasteiger partial charge >= 0.3 is 0 Å². The number of benzene rings is 1. The molecule has 1 aromatic rings. The average molecular weight is 219 g/mol. The molecular formula is C13H14FNO. The maximum absolute atomic E-state index is 13.6. The summed E-state index contributed by atoms with van der Waals surface area (Å²) in [6.07, 6.45) is 5.55. The molecule has 1 unspecified atom stereocenters. The lowest BCUT2D eigenvalue weighted by molar-refractivity contribution is 0.0936. The summed E-state index contributed by atoms with van der Waals surface area (Å²) in [7, 11) is 0. The molecule has 1 N–H and O–H groups in total. The molecule has 1 rings (SSSR count). The van der Waals surface area contributed by atoms with Gasteiger partial charge < -0.3 is 5.32 Å². The van der Waals surface area contributed by atoms with Crippen LogP contribution in [0.15, 0.2) is 18.2 Å². The fourth-order valence-electron chi connectivity index (χ4n) is 1.35. The maximum atomic E-state index is 13.6. The second kappa shape index (κ2) is 5.32. The predicted molar refractivity (Wildman–Crippen MR) is 61.5 cm³/mol. The van der Waals surface area contributed by atoms with Crippen molar-refractivity contribution in [1.29, 1.82) is 0 Å². The fraction of sp³-hybridized carbons (Fsp3) is 0.308. The molecule has 0 aliphatic rings. The number of halogens is 1. The van der Waals surface area contributed by atoms with Gasteiger partial charge in [-0.25, -0.2) is 4.39 Å². The van der Waals surface area contributed by atoms with Gasteiger partial charge in [0.2, 0.25) is 0 Å². The van der Waals surface area contributed by atoms with Gasteiger partial charge in [0.15, 0.2) is 0 Å². The number of hydrogen-bond donors (Lipinski definition) is 1. The monoisotopic (exact) mass is 219 g/mol. The van der Waals surface area contributed by atoms with Crippen molar-refractivity contribution in [3.05, 3.63) is 35.1 Å². The van der Waals surface area contributed by atoms with Gasteiger partial charge in [-0.2, -0.15) is 0 Å². The molecule has 3 heteroatoms. The van der Waals surface area contributed by atoms with Crippen molar-refractivity contribution in [2.45, 2.75) is 26.3 Å². The van der Waals surface area contributed by atoms with Crippen molar-refractivity contribution in [3.63, 3.8) is 0 Å². The lowest BCUT2D eigenvalue weighted by atomic mass is 10.1. The number of terminal acetylenes is 1. The highest BCUT2D eigenvalue weighted by Gasteiger charge is 2.14. The van der Waals surface area contributed by atoms with Crippen molar-refractivity contribution in [3.8, 4) is 12.3 Å². The number of hydrogen-bond acceptors (Lipinski definition) is 1.